The average Bonchev–Trinajstić information content (AvgIpc) is 3.08. The lowest BCUT2D eigenvalue weighted by Gasteiger charge is -2.03. The fourth-order valence-electron chi connectivity index (χ4n) is 2.18. The minimum atomic E-state index is 0.135. The molecule has 1 atom stereocenters. The van der Waals surface area contributed by atoms with Crippen LogP contribution in [0.4, 0.5) is 0 Å². The number of nitrogens with zero attached hydrogens (tertiary/aromatic N) is 2. The Morgan fingerprint density at radius 3 is 3.05 bits per heavy atom. The third-order valence-electron chi connectivity index (χ3n) is 3.04. The van der Waals surface area contributed by atoms with E-state index < -0.39 is 0 Å². The van der Waals surface area contributed by atoms with Crippen LogP contribution < -0.4 is 0 Å². The number of hydrogen-bond acceptors (Lipinski definition) is 6. The van der Waals surface area contributed by atoms with Crippen molar-refractivity contribution in [1.82, 2.24) is 15.2 Å². The number of nitrogens with one attached hydrogen (secondary N) is 1. The molecule has 0 bridgehead atoms. The Labute approximate surface area is 120 Å². The van der Waals surface area contributed by atoms with Crippen LogP contribution >= 0.6 is 23.6 Å². The van der Waals surface area contributed by atoms with Crippen LogP contribution in [0, 0.1) is 4.84 Å². The zero-order valence-electron chi connectivity index (χ0n) is 10.6. The number of rotatable bonds is 4. The molecule has 0 aromatic carbocycles. The molecule has 1 N–H and O–H groups in total. The molecule has 1 aliphatic rings. The van der Waals surface area contributed by atoms with Crippen molar-refractivity contribution in [2.24, 2.45) is 0 Å². The van der Waals surface area contributed by atoms with Crippen LogP contribution in [-0.2, 0) is 11.2 Å². The molecule has 0 aliphatic carbocycles. The van der Waals surface area contributed by atoms with Gasteiger partial charge in [-0.3, -0.25) is 0 Å². The smallest absolute Gasteiger partial charge is 0.284 e. The lowest BCUT2D eigenvalue weighted by atomic mass is 10.2. The molecule has 3 rings (SSSR count). The van der Waals surface area contributed by atoms with Crippen molar-refractivity contribution >= 4 is 23.6 Å². The normalized spacial score (nSPS) is 19.1. The number of aromatic nitrogens is 3. The molecule has 5 nitrogen and oxygen atoms in total. The van der Waals surface area contributed by atoms with Crippen molar-refractivity contribution in [3.63, 3.8) is 0 Å². The minimum Gasteiger partial charge on any atom is -0.408 e. The van der Waals surface area contributed by atoms with E-state index in [-0.39, 0.29) is 6.10 Å². The van der Waals surface area contributed by atoms with Crippen molar-refractivity contribution in [2.45, 2.75) is 38.7 Å². The lowest BCUT2D eigenvalue weighted by molar-refractivity contribution is 0.111. The van der Waals surface area contributed by atoms with E-state index in [1.807, 2.05) is 0 Å². The van der Waals surface area contributed by atoms with Crippen LogP contribution in [-0.4, -0.2) is 21.8 Å². The SMILES string of the molecule is CCCc1nc(C2CCCO2)sc1-c1n[nH]c(=S)o1. The Morgan fingerprint density at radius 2 is 2.42 bits per heavy atom. The largest absolute Gasteiger partial charge is 0.408 e. The molecule has 0 radical (unpaired) electrons. The molecule has 1 saturated heterocycles. The summed E-state index contributed by atoms with van der Waals surface area (Å²) in [4.78, 5) is 5.98. The minimum absolute atomic E-state index is 0.135. The standard InChI is InChI=1S/C12H15N3O2S2/c1-2-4-7-9(10-14-15-12(18)17-10)19-11(13-7)8-5-3-6-16-8/h8H,2-6H2,1H3,(H,15,18). The maximum absolute atomic E-state index is 5.70. The van der Waals surface area contributed by atoms with Gasteiger partial charge in [0.05, 0.1) is 5.69 Å². The fourth-order valence-corrected chi connectivity index (χ4v) is 3.43. The summed E-state index contributed by atoms with van der Waals surface area (Å²) < 4.78 is 11.1. The number of aryl methyl sites for hydroxylation is 1. The van der Waals surface area contributed by atoms with Gasteiger partial charge in [-0.1, -0.05) is 13.3 Å². The van der Waals surface area contributed by atoms with E-state index in [1.54, 1.807) is 11.3 Å². The molecule has 102 valence electrons. The number of aromatic amines is 1. The van der Waals surface area contributed by atoms with Crippen LogP contribution in [0.25, 0.3) is 10.8 Å². The Hall–Kier alpha value is -1.05. The predicted molar refractivity (Wildman–Crippen MR) is 74.7 cm³/mol. The summed E-state index contributed by atoms with van der Waals surface area (Å²) >= 11 is 6.53. The molecule has 7 heteroatoms. The summed E-state index contributed by atoms with van der Waals surface area (Å²) in [6, 6.07) is 0. The Bertz CT molecular complexity index is 611. The summed E-state index contributed by atoms with van der Waals surface area (Å²) in [5, 5.41) is 7.79. The van der Waals surface area contributed by atoms with E-state index >= 15 is 0 Å². The van der Waals surface area contributed by atoms with E-state index in [4.69, 9.17) is 26.4 Å². The van der Waals surface area contributed by atoms with Gasteiger partial charge in [0.1, 0.15) is 16.0 Å². The molecule has 19 heavy (non-hydrogen) atoms. The third-order valence-corrected chi connectivity index (χ3v) is 4.39. The van der Waals surface area contributed by atoms with Crippen LogP contribution in [0.5, 0.6) is 0 Å². The fraction of sp³-hybridized carbons (Fsp3) is 0.583. The van der Waals surface area contributed by atoms with Crippen LogP contribution in [0.1, 0.15) is 43.0 Å². The zero-order valence-corrected chi connectivity index (χ0v) is 12.3. The van der Waals surface area contributed by atoms with E-state index in [2.05, 4.69) is 17.1 Å². The number of ether oxygens (including phenoxy) is 1. The quantitative estimate of drug-likeness (QED) is 0.872. The molecule has 1 fully saturated rings. The summed E-state index contributed by atoms with van der Waals surface area (Å²) in [5.74, 6) is 0.537. The maximum Gasteiger partial charge on any atom is 0.284 e. The van der Waals surface area contributed by atoms with E-state index in [1.165, 1.54) is 0 Å². The first-order chi connectivity index (χ1) is 9.28. The molecule has 1 unspecified atom stereocenters. The van der Waals surface area contributed by atoms with Gasteiger partial charge in [-0.15, -0.1) is 16.4 Å². The Kier molecular flexibility index (Phi) is 3.76. The van der Waals surface area contributed by atoms with Gasteiger partial charge in [-0.05, 0) is 31.5 Å². The monoisotopic (exact) mass is 297 g/mol. The Morgan fingerprint density at radius 1 is 1.53 bits per heavy atom. The lowest BCUT2D eigenvalue weighted by Crippen LogP contribution is -1.95. The molecule has 0 amide bonds. The molecule has 0 saturated carbocycles. The second kappa shape index (κ2) is 5.52. The first-order valence-corrected chi connectivity index (χ1v) is 7.67. The average molecular weight is 297 g/mol. The van der Waals surface area contributed by atoms with Gasteiger partial charge >= 0.3 is 0 Å². The summed E-state index contributed by atoms with van der Waals surface area (Å²) in [6.07, 6.45) is 4.23. The van der Waals surface area contributed by atoms with Crippen LogP contribution in [0.3, 0.4) is 0 Å². The van der Waals surface area contributed by atoms with Gasteiger partial charge in [0.15, 0.2) is 0 Å². The second-order valence-electron chi connectivity index (χ2n) is 4.50. The van der Waals surface area contributed by atoms with Gasteiger partial charge < -0.3 is 9.15 Å². The van der Waals surface area contributed by atoms with E-state index in [9.17, 15) is 0 Å². The molecule has 1 aliphatic heterocycles. The number of thiazole rings is 1. The highest BCUT2D eigenvalue weighted by molar-refractivity contribution is 7.71. The van der Waals surface area contributed by atoms with Crippen LogP contribution in [0.2, 0.25) is 0 Å². The highest BCUT2D eigenvalue weighted by Crippen LogP contribution is 2.37. The second-order valence-corrected chi connectivity index (χ2v) is 5.90. The van der Waals surface area contributed by atoms with E-state index in [0.29, 0.717) is 10.7 Å². The molecule has 0 spiro atoms. The Balaban J connectivity index is 1.98. The first-order valence-electron chi connectivity index (χ1n) is 6.45. The van der Waals surface area contributed by atoms with Crippen LogP contribution in [0.15, 0.2) is 4.42 Å². The van der Waals surface area contributed by atoms with Crippen molar-refractivity contribution in [3.05, 3.63) is 15.5 Å². The van der Waals surface area contributed by atoms with Crippen molar-refractivity contribution in [2.75, 3.05) is 6.61 Å². The first kappa shape index (κ1) is 13.0. The van der Waals surface area contributed by atoms with Crippen molar-refractivity contribution in [1.29, 1.82) is 0 Å². The zero-order chi connectivity index (χ0) is 13.2. The molecule has 2 aromatic heterocycles. The molecule has 2 aromatic rings. The summed E-state index contributed by atoms with van der Waals surface area (Å²) in [5.41, 5.74) is 1.03. The van der Waals surface area contributed by atoms with Gasteiger partial charge in [0.25, 0.3) is 10.7 Å². The van der Waals surface area contributed by atoms with E-state index in [0.717, 1.165) is 47.9 Å². The predicted octanol–water partition coefficient (Wildman–Crippen LogP) is 3.66. The van der Waals surface area contributed by atoms with Gasteiger partial charge in [-0.25, -0.2) is 10.1 Å². The number of H-pyrrole nitrogens is 1. The maximum atomic E-state index is 5.70. The van der Waals surface area contributed by atoms with Crippen molar-refractivity contribution < 1.29 is 9.15 Å². The van der Waals surface area contributed by atoms with Gasteiger partial charge in [0, 0.05) is 6.61 Å². The molecular weight excluding hydrogens is 282 g/mol. The highest BCUT2D eigenvalue weighted by Gasteiger charge is 2.25. The van der Waals surface area contributed by atoms with Gasteiger partial charge in [-0.2, -0.15) is 0 Å². The van der Waals surface area contributed by atoms with Crippen molar-refractivity contribution in [3.8, 4) is 10.8 Å². The molecule has 3 heterocycles. The highest BCUT2D eigenvalue weighted by atomic mass is 32.1. The number of hydrogen-bond donors (Lipinski definition) is 1. The topological polar surface area (TPSA) is 63.9 Å². The summed E-state index contributed by atoms with van der Waals surface area (Å²) in [7, 11) is 0. The summed E-state index contributed by atoms with van der Waals surface area (Å²) in [6.45, 7) is 2.96. The third kappa shape index (κ3) is 2.63. The molecular formula is C12H15N3O2S2. The van der Waals surface area contributed by atoms with Gasteiger partial charge in [0.2, 0.25) is 0 Å².